The summed E-state index contributed by atoms with van der Waals surface area (Å²) in [5, 5.41) is 5.16. The molecule has 0 unspecified atom stereocenters. The Bertz CT molecular complexity index is 885. The maximum absolute atomic E-state index is 12.7. The molecule has 3 nitrogen and oxygen atoms in total. The van der Waals surface area contributed by atoms with Gasteiger partial charge in [0.2, 0.25) is 0 Å². The molecule has 0 saturated heterocycles. The molecule has 1 aliphatic rings. The number of nitrogens with one attached hydrogen (secondary N) is 1. The second-order valence-corrected chi connectivity index (χ2v) is 6.54. The predicted octanol–water partition coefficient (Wildman–Crippen LogP) is 4.70. The van der Waals surface area contributed by atoms with Gasteiger partial charge in [0.05, 0.1) is 5.56 Å². The van der Waals surface area contributed by atoms with Crippen molar-refractivity contribution in [2.45, 2.75) is 31.9 Å². The molecule has 1 saturated carbocycles. The van der Waals surface area contributed by atoms with Gasteiger partial charge in [-0.25, -0.2) is 0 Å². The number of fused-ring (bicyclic) bond motifs is 1. The second kappa shape index (κ2) is 6.98. The monoisotopic (exact) mass is 331 g/mol. The second-order valence-electron chi connectivity index (χ2n) is 6.54. The number of carbonyl (C=O) groups is 1. The molecule has 1 fully saturated rings. The Morgan fingerprint density at radius 3 is 2.48 bits per heavy atom. The van der Waals surface area contributed by atoms with Crippen LogP contribution in [0.2, 0.25) is 0 Å². The topological polar surface area (TPSA) is 38.3 Å². The van der Waals surface area contributed by atoms with Gasteiger partial charge < -0.3 is 10.1 Å². The molecule has 0 aliphatic heterocycles. The van der Waals surface area contributed by atoms with Gasteiger partial charge in [-0.15, -0.1) is 0 Å². The summed E-state index contributed by atoms with van der Waals surface area (Å²) in [7, 11) is 0. The Morgan fingerprint density at radius 1 is 0.960 bits per heavy atom. The van der Waals surface area contributed by atoms with Gasteiger partial charge in [-0.1, -0.05) is 60.7 Å². The highest BCUT2D eigenvalue weighted by atomic mass is 16.5. The van der Waals surface area contributed by atoms with E-state index in [4.69, 9.17) is 4.74 Å². The molecule has 1 N–H and O–H groups in total. The molecule has 1 aliphatic carbocycles. The van der Waals surface area contributed by atoms with E-state index >= 15 is 0 Å². The fourth-order valence-electron chi connectivity index (χ4n) is 3.12. The molecule has 0 atom stereocenters. The van der Waals surface area contributed by atoms with E-state index in [1.54, 1.807) is 0 Å². The van der Waals surface area contributed by atoms with E-state index in [1.165, 1.54) is 6.42 Å². The van der Waals surface area contributed by atoms with Gasteiger partial charge in [-0.05, 0) is 36.3 Å². The molecular weight excluding hydrogens is 310 g/mol. The van der Waals surface area contributed by atoms with Crippen LogP contribution in [0.15, 0.2) is 66.7 Å². The first kappa shape index (κ1) is 15.7. The molecule has 0 spiro atoms. The molecule has 25 heavy (non-hydrogen) atoms. The largest absolute Gasteiger partial charge is 0.487 e. The van der Waals surface area contributed by atoms with Crippen LogP contribution in [0.5, 0.6) is 5.75 Å². The molecule has 0 aromatic heterocycles. The van der Waals surface area contributed by atoms with Gasteiger partial charge >= 0.3 is 0 Å². The molecule has 1 amide bonds. The number of benzene rings is 3. The summed E-state index contributed by atoms with van der Waals surface area (Å²) in [6.45, 7) is 0.443. The zero-order chi connectivity index (χ0) is 17.1. The minimum absolute atomic E-state index is 0.0430. The van der Waals surface area contributed by atoms with Gasteiger partial charge in [0.1, 0.15) is 12.4 Å². The van der Waals surface area contributed by atoms with Crippen LogP contribution >= 0.6 is 0 Å². The molecule has 0 radical (unpaired) electrons. The van der Waals surface area contributed by atoms with E-state index < -0.39 is 0 Å². The Balaban J connectivity index is 1.67. The molecule has 3 aromatic rings. The average Bonchev–Trinajstić information content (AvgIpc) is 2.63. The van der Waals surface area contributed by atoms with Crippen LogP contribution in [-0.2, 0) is 6.61 Å². The highest BCUT2D eigenvalue weighted by Crippen LogP contribution is 2.31. The van der Waals surface area contributed by atoms with E-state index in [0.717, 1.165) is 29.2 Å². The smallest absolute Gasteiger partial charge is 0.255 e. The summed E-state index contributed by atoms with van der Waals surface area (Å²) < 4.78 is 6.13. The lowest BCUT2D eigenvalue weighted by atomic mass is 9.92. The number of hydrogen-bond acceptors (Lipinski definition) is 2. The number of hydrogen-bond donors (Lipinski definition) is 1. The van der Waals surface area contributed by atoms with Crippen LogP contribution in [0.25, 0.3) is 10.8 Å². The first-order chi connectivity index (χ1) is 12.3. The summed E-state index contributed by atoms with van der Waals surface area (Å²) in [6.07, 6.45) is 3.33. The third-order valence-electron chi connectivity index (χ3n) is 4.79. The number of ether oxygens (including phenoxy) is 1. The van der Waals surface area contributed by atoms with Crippen molar-refractivity contribution in [3.8, 4) is 5.75 Å². The third-order valence-corrected chi connectivity index (χ3v) is 4.79. The third kappa shape index (κ3) is 3.36. The number of amides is 1. The minimum atomic E-state index is -0.0430. The van der Waals surface area contributed by atoms with E-state index in [9.17, 15) is 4.79 Å². The lowest BCUT2D eigenvalue weighted by Crippen LogP contribution is -2.39. The fourth-order valence-corrected chi connectivity index (χ4v) is 3.12. The fraction of sp³-hybridized carbons (Fsp3) is 0.227. The van der Waals surface area contributed by atoms with Crippen molar-refractivity contribution in [2.75, 3.05) is 0 Å². The van der Waals surface area contributed by atoms with E-state index in [2.05, 4.69) is 5.32 Å². The van der Waals surface area contributed by atoms with E-state index in [0.29, 0.717) is 24.0 Å². The molecular formula is C22H21NO2. The highest BCUT2D eigenvalue weighted by molar-refractivity contribution is 6.04. The molecule has 4 rings (SSSR count). The summed E-state index contributed by atoms with van der Waals surface area (Å²) in [4.78, 5) is 12.7. The van der Waals surface area contributed by atoms with Crippen LogP contribution in [0, 0.1) is 0 Å². The van der Waals surface area contributed by atoms with Crippen molar-refractivity contribution < 1.29 is 9.53 Å². The Kier molecular flexibility index (Phi) is 4.38. The average molecular weight is 331 g/mol. The summed E-state index contributed by atoms with van der Waals surface area (Å²) in [5.74, 6) is 0.622. The van der Waals surface area contributed by atoms with Gasteiger partial charge in [0.25, 0.3) is 5.91 Å². The first-order valence-corrected chi connectivity index (χ1v) is 8.80. The summed E-state index contributed by atoms with van der Waals surface area (Å²) in [6, 6.07) is 22.2. The van der Waals surface area contributed by atoms with E-state index in [1.807, 2.05) is 66.7 Å². The lowest BCUT2D eigenvalue weighted by Gasteiger charge is -2.27. The van der Waals surface area contributed by atoms with Crippen molar-refractivity contribution in [3.63, 3.8) is 0 Å². The van der Waals surface area contributed by atoms with Gasteiger partial charge in [-0.3, -0.25) is 4.79 Å². The normalized spacial score (nSPS) is 14.1. The zero-order valence-electron chi connectivity index (χ0n) is 14.1. The van der Waals surface area contributed by atoms with Crippen LogP contribution in [-0.4, -0.2) is 11.9 Å². The van der Waals surface area contributed by atoms with Crippen molar-refractivity contribution >= 4 is 16.7 Å². The van der Waals surface area contributed by atoms with Gasteiger partial charge in [0.15, 0.2) is 0 Å². The van der Waals surface area contributed by atoms with E-state index in [-0.39, 0.29) is 5.91 Å². The molecule has 3 aromatic carbocycles. The maximum Gasteiger partial charge on any atom is 0.255 e. The van der Waals surface area contributed by atoms with Crippen LogP contribution < -0.4 is 10.1 Å². The Hall–Kier alpha value is -2.81. The van der Waals surface area contributed by atoms with Crippen LogP contribution in [0.3, 0.4) is 0 Å². The van der Waals surface area contributed by atoms with Gasteiger partial charge in [0, 0.05) is 11.4 Å². The highest BCUT2D eigenvalue weighted by Gasteiger charge is 2.23. The Morgan fingerprint density at radius 2 is 1.72 bits per heavy atom. The lowest BCUT2D eigenvalue weighted by molar-refractivity contribution is 0.0912. The Labute approximate surface area is 147 Å². The predicted molar refractivity (Wildman–Crippen MR) is 99.8 cm³/mol. The number of rotatable bonds is 5. The molecule has 3 heteroatoms. The maximum atomic E-state index is 12.7. The SMILES string of the molecule is O=C(NC1CCC1)c1ccc2ccccc2c1OCc1ccccc1. The zero-order valence-corrected chi connectivity index (χ0v) is 14.1. The molecule has 0 heterocycles. The quantitative estimate of drug-likeness (QED) is 0.736. The summed E-state index contributed by atoms with van der Waals surface area (Å²) in [5.41, 5.74) is 1.70. The first-order valence-electron chi connectivity index (χ1n) is 8.80. The van der Waals surface area contributed by atoms with Crippen molar-refractivity contribution in [1.29, 1.82) is 0 Å². The number of carbonyl (C=O) groups excluding carboxylic acids is 1. The molecule has 126 valence electrons. The standard InChI is InChI=1S/C22H21NO2/c24-22(23-18-10-6-11-18)20-14-13-17-9-4-5-12-19(17)21(20)25-15-16-7-2-1-3-8-16/h1-5,7-9,12-14,18H,6,10-11,15H2,(H,23,24). The molecule has 0 bridgehead atoms. The van der Waals surface area contributed by atoms with Crippen molar-refractivity contribution in [2.24, 2.45) is 0 Å². The minimum Gasteiger partial charge on any atom is -0.487 e. The summed E-state index contributed by atoms with van der Waals surface area (Å²) >= 11 is 0. The van der Waals surface area contributed by atoms with Gasteiger partial charge in [-0.2, -0.15) is 0 Å². The van der Waals surface area contributed by atoms with Crippen molar-refractivity contribution in [1.82, 2.24) is 5.32 Å². The van der Waals surface area contributed by atoms with Crippen LogP contribution in [0.1, 0.15) is 35.2 Å². The van der Waals surface area contributed by atoms with Crippen molar-refractivity contribution in [3.05, 3.63) is 77.9 Å². The van der Waals surface area contributed by atoms with Crippen LogP contribution in [0.4, 0.5) is 0 Å².